The Hall–Kier alpha value is -0.190. The van der Waals surface area contributed by atoms with Crippen LogP contribution in [0.1, 0.15) is 12.8 Å². The highest BCUT2D eigenvalue weighted by molar-refractivity contribution is 9.10. The summed E-state index contributed by atoms with van der Waals surface area (Å²) in [5, 5.41) is 8.89. The average molecular weight is 302 g/mol. The molecule has 0 radical (unpaired) electrons. The van der Waals surface area contributed by atoms with E-state index in [2.05, 4.69) is 46.1 Å². The Morgan fingerprint density at radius 3 is 3.12 bits per heavy atom. The van der Waals surface area contributed by atoms with Gasteiger partial charge in [-0.15, -0.1) is 11.8 Å². The number of benzene rings is 1. The van der Waals surface area contributed by atoms with Gasteiger partial charge in [0.15, 0.2) is 0 Å². The van der Waals surface area contributed by atoms with E-state index in [0.717, 1.165) is 23.1 Å². The predicted molar refractivity (Wildman–Crippen MR) is 73.4 cm³/mol. The highest BCUT2D eigenvalue weighted by Gasteiger charge is 2.23. The Morgan fingerprint density at radius 2 is 2.38 bits per heavy atom. The molecule has 1 aliphatic heterocycles. The lowest BCUT2D eigenvalue weighted by atomic mass is 10.1. The van der Waals surface area contributed by atoms with Crippen molar-refractivity contribution >= 4 is 33.4 Å². The molecule has 0 spiro atoms. The summed E-state index contributed by atoms with van der Waals surface area (Å²) >= 11 is 5.43. The highest BCUT2D eigenvalue weighted by Crippen LogP contribution is 2.39. The predicted octanol–water partition coefficient (Wildman–Crippen LogP) is 3.13. The number of rotatable bonds is 3. The van der Waals surface area contributed by atoms with Gasteiger partial charge in [-0.25, -0.2) is 0 Å². The maximum Gasteiger partial charge on any atom is 0.0515 e. The van der Waals surface area contributed by atoms with Gasteiger partial charge in [0.1, 0.15) is 0 Å². The van der Waals surface area contributed by atoms with Crippen molar-refractivity contribution in [3.63, 3.8) is 0 Å². The van der Waals surface area contributed by atoms with Crippen molar-refractivity contribution in [2.45, 2.75) is 23.8 Å². The van der Waals surface area contributed by atoms with Gasteiger partial charge in [0.2, 0.25) is 0 Å². The maximum absolute atomic E-state index is 8.89. The van der Waals surface area contributed by atoms with Gasteiger partial charge in [0.05, 0.1) is 5.69 Å². The zero-order chi connectivity index (χ0) is 11.5. The molecule has 0 amide bonds. The van der Waals surface area contributed by atoms with Gasteiger partial charge in [-0.05, 0) is 31.0 Å². The number of anilines is 1. The Labute approximate surface area is 109 Å². The van der Waals surface area contributed by atoms with Crippen LogP contribution < -0.4 is 4.90 Å². The Balaban J connectivity index is 2.17. The molecule has 1 atom stereocenters. The highest BCUT2D eigenvalue weighted by atomic mass is 79.9. The molecule has 0 bridgehead atoms. The van der Waals surface area contributed by atoms with Crippen LogP contribution in [0.2, 0.25) is 0 Å². The van der Waals surface area contributed by atoms with Gasteiger partial charge in [-0.3, -0.25) is 0 Å². The zero-order valence-corrected chi connectivity index (χ0v) is 11.7. The fraction of sp³-hybridized carbons (Fsp3) is 0.500. The third-order valence-electron chi connectivity index (χ3n) is 2.98. The third-order valence-corrected chi connectivity index (χ3v) is 4.68. The number of fused-ring (bicyclic) bond motifs is 1. The number of hydrogen-bond donors (Lipinski definition) is 1. The van der Waals surface area contributed by atoms with E-state index >= 15 is 0 Å². The van der Waals surface area contributed by atoms with Gasteiger partial charge in [0, 0.05) is 34.8 Å². The summed E-state index contributed by atoms with van der Waals surface area (Å²) in [6.07, 6.45) is 1.95. The summed E-state index contributed by atoms with van der Waals surface area (Å²) in [6, 6.07) is 6.98. The number of aliphatic hydroxyl groups excluding tert-OH is 1. The van der Waals surface area contributed by atoms with Crippen LogP contribution in [-0.2, 0) is 0 Å². The lowest BCUT2D eigenvalue weighted by Crippen LogP contribution is -2.36. The number of thioether (sulfide) groups is 1. The number of aliphatic hydroxyl groups is 1. The van der Waals surface area contributed by atoms with Crippen molar-refractivity contribution in [3.8, 4) is 0 Å². The first kappa shape index (κ1) is 12.3. The molecular formula is C12H16BrNOS. The average Bonchev–Trinajstić information content (AvgIpc) is 2.29. The van der Waals surface area contributed by atoms with Crippen molar-refractivity contribution in [1.82, 2.24) is 0 Å². The van der Waals surface area contributed by atoms with Crippen LogP contribution in [0.25, 0.3) is 0 Å². The molecule has 1 aliphatic rings. The number of hydrogen-bond acceptors (Lipinski definition) is 3. The molecule has 1 unspecified atom stereocenters. The molecule has 88 valence electrons. The fourth-order valence-electron chi connectivity index (χ4n) is 1.99. The molecule has 0 saturated heterocycles. The van der Waals surface area contributed by atoms with E-state index in [4.69, 9.17) is 5.11 Å². The third kappa shape index (κ3) is 2.55. The van der Waals surface area contributed by atoms with Crippen LogP contribution in [0.3, 0.4) is 0 Å². The van der Waals surface area contributed by atoms with Crippen LogP contribution in [0.15, 0.2) is 27.6 Å². The molecular weight excluding hydrogens is 286 g/mol. The summed E-state index contributed by atoms with van der Waals surface area (Å²) in [5.41, 5.74) is 1.30. The van der Waals surface area contributed by atoms with Gasteiger partial charge >= 0.3 is 0 Å². The first-order chi connectivity index (χ1) is 7.72. The first-order valence-electron chi connectivity index (χ1n) is 5.48. The Kier molecular flexibility index (Phi) is 4.16. The molecule has 1 heterocycles. The molecule has 16 heavy (non-hydrogen) atoms. The second-order valence-electron chi connectivity index (χ2n) is 4.05. The lowest BCUT2D eigenvalue weighted by Gasteiger charge is -2.35. The summed E-state index contributed by atoms with van der Waals surface area (Å²) in [5.74, 6) is 1.12. The molecule has 4 heteroatoms. The molecule has 2 rings (SSSR count). The number of nitrogens with zero attached hydrogens (tertiary/aromatic N) is 1. The van der Waals surface area contributed by atoms with E-state index in [-0.39, 0.29) is 0 Å². The van der Waals surface area contributed by atoms with Crippen LogP contribution in [0, 0.1) is 0 Å². The summed E-state index contributed by atoms with van der Waals surface area (Å²) in [6.45, 7) is 0.292. The topological polar surface area (TPSA) is 23.5 Å². The minimum Gasteiger partial charge on any atom is -0.396 e. The molecule has 1 aromatic rings. The van der Waals surface area contributed by atoms with E-state index in [1.807, 2.05) is 11.8 Å². The summed E-state index contributed by atoms with van der Waals surface area (Å²) in [7, 11) is 2.15. The minimum atomic E-state index is 0.292. The van der Waals surface area contributed by atoms with Crippen molar-refractivity contribution in [3.05, 3.63) is 22.7 Å². The molecule has 1 aromatic carbocycles. The molecule has 0 aromatic heterocycles. The number of halogens is 1. The van der Waals surface area contributed by atoms with Crippen LogP contribution in [0.4, 0.5) is 5.69 Å². The molecule has 0 saturated carbocycles. The van der Waals surface area contributed by atoms with Crippen LogP contribution in [0.5, 0.6) is 0 Å². The second-order valence-corrected chi connectivity index (χ2v) is 6.03. The van der Waals surface area contributed by atoms with E-state index in [1.54, 1.807) is 0 Å². The SMILES string of the molecule is CN1c2cc(Br)ccc2SCC1CCCO. The van der Waals surface area contributed by atoms with E-state index in [0.29, 0.717) is 12.6 Å². The standard InChI is InChI=1S/C12H16BrNOS/c1-14-10(3-2-6-15)8-16-12-5-4-9(13)7-11(12)14/h4-5,7,10,15H,2-3,6,8H2,1H3. The molecule has 2 nitrogen and oxygen atoms in total. The quantitative estimate of drug-likeness (QED) is 0.928. The summed E-state index contributed by atoms with van der Waals surface area (Å²) in [4.78, 5) is 3.69. The second kappa shape index (κ2) is 5.43. The first-order valence-corrected chi connectivity index (χ1v) is 7.26. The van der Waals surface area contributed by atoms with Gasteiger partial charge < -0.3 is 10.0 Å². The molecule has 0 aliphatic carbocycles. The van der Waals surface area contributed by atoms with Gasteiger partial charge in [-0.1, -0.05) is 15.9 Å². The molecule has 1 N–H and O–H groups in total. The zero-order valence-electron chi connectivity index (χ0n) is 9.32. The van der Waals surface area contributed by atoms with E-state index in [9.17, 15) is 0 Å². The van der Waals surface area contributed by atoms with Crippen molar-refractivity contribution in [1.29, 1.82) is 0 Å². The van der Waals surface area contributed by atoms with Crippen LogP contribution >= 0.6 is 27.7 Å². The lowest BCUT2D eigenvalue weighted by molar-refractivity contribution is 0.280. The van der Waals surface area contributed by atoms with Crippen molar-refractivity contribution in [2.75, 3.05) is 24.3 Å². The smallest absolute Gasteiger partial charge is 0.0515 e. The molecule has 0 fully saturated rings. The van der Waals surface area contributed by atoms with E-state index in [1.165, 1.54) is 10.6 Å². The fourth-order valence-corrected chi connectivity index (χ4v) is 3.61. The Bertz CT molecular complexity index is 372. The van der Waals surface area contributed by atoms with Crippen LogP contribution in [-0.4, -0.2) is 30.6 Å². The Morgan fingerprint density at radius 1 is 1.56 bits per heavy atom. The normalized spacial score (nSPS) is 19.7. The van der Waals surface area contributed by atoms with Crippen molar-refractivity contribution in [2.24, 2.45) is 0 Å². The maximum atomic E-state index is 8.89. The largest absolute Gasteiger partial charge is 0.396 e. The van der Waals surface area contributed by atoms with E-state index < -0.39 is 0 Å². The summed E-state index contributed by atoms with van der Waals surface area (Å²) < 4.78 is 1.13. The van der Waals surface area contributed by atoms with Gasteiger partial charge in [-0.2, -0.15) is 0 Å². The minimum absolute atomic E-state index is 0.292. The van der Waals surface area contributed by atoms with Crippen molar-refractivity contribution < 1.29 is 5.11 Å². The van der Waals surface area contributed by atoms with Gasteiger partial charge in [0.25, 0.3) is 0 Å². The monoisotopic (exact) mass is 301 g/mol.